The van der Waals surface area contributed by atoms with E-state index in [9.17, 15) is 9.18 Å². The number of hydrogen-bond donors (Lipinski definition) is 0. The molecule has 8 nitrogen and oxygen atoms in total. The van der Waals surface area contributed by atoms with Crippen LogP contribution in [0.25, 0.3) is 11.3 Å². The number of alkyl halides is 1. The minimum Gasteiger partial charge on any atom is -0.470 e. The topological polar surface area (TPSA) is 83.0 Å². The predicted octanol–water partition coefficient (Wildman–Crippen LogP) is 5.57. The maximum atomic E-state index is 15.5. The molecular weight excluding hydrogens is 496 g/mol. The number of ether oxygens (including phenoxy) is 4. The molecule has 1 aromatic heterocycles. The summed E-state index contributed by atoms with van der Waals surface area (Å²) in [7, 11) is 1.46. The predicted molar refractivity (Wildman–Crippen MR) is 128 cm³/mol. The first kappa shape index (κ1) is 26.3. The third kappa shape index (κ3) is 5.81. The van der Waals surface area contributed by atoms with Gasteiger partial charge in [0.2, 0.25) is 5.88 Å². The van der Waals surface area contributed by atoms with E-state index >= 15 is 4.39 Å². The molecule has 3 heterocycles. The van der Waals surface area contributed by atoms with Crippen LogP contribution < -0.4 is 9.47 Å². The van der Waals surface area contributed by atoms with Gasteiger partial charge in [-0.15, -0.1) is 10.2 Å². The summed E-state index contributed by atoms with van der Waals surface area (Å²) >= 11 is 5.88. The summed E-state index contributed by atoms with van der Waals surface area (Å²) in [4.78, 5) is 14.3. The van der Waals surface area contributed by atoms with Crippen molar-refractivity contribution in [3.05, 3.63) is 35.1 Å². The van der Waals surface area contributed by atoms with Gasteiger partial charge in [-0.2, -0.15) is 0 Å². The van der Waals surface area contributed by atoms with Crippen LogP contribution in [0.2, 0.25) is 5.02 Å². The molecule has 0 radical (unpaired) electrons. The lowest BCUT2D eigenvalue weighted by Gasteiger charge is -2.49. The molecule has 2 aliphatic heterocycles. The summed E-state index contributed by atoms with van der Waals surface area (Å²) in [5.74, 6) is -0.233. The van der Waals surface area contributed by atoms with E-state index in [1.807, 2.05) is 0 Å². The molecule has 0 saturated carbocycles. The fourth-order valence-corrected chi connectivity index (χ4v) is 4.82. The highest BCUT2D eigenvalue weighted by Gasteiger charge is 2.49. The number of aromatic nitrogens is 2. The molecule has 2 fully saturated rings. The lowest BCUT2D eigenvalue weighted by Crippen LogP contribution is -2.63. The first-order valence-corrected chi connectivity index (χ1v) is 12.2. The SMILES string of the molecule is COCOc1cc(Cl)c(F)cc1-c1ccc(O[C@@H]2C[C@H]3CCC[C@@H]([C@@H]2F)N3C(=O)OC(C)(C)C)nn1. The minimum atomic E-state index is -1.41. The Labute approximate surface area is 213 Å². The largest absolute Gasteiger partial charge is 0.470 e. The van der Waals surface area contributed by atoms with Crippen molar-refractivity contribution < 1.29 is 32.5 Å². The molecule has 4 rings (SSSR count). The molecule has 2 bridgehead atoms. The van der Waals surface area contributed by atoms with Crippen molar-refractivity contribution in [2.24, 2.45) is 0 Å². The highest BCUT2D eigenvalue weighted by atomic mass is 35.5. The Balaban J connectivity index is 1.49. The van der Waals surface area contributed by atoms with Crippen molar-refractivity contribution >= 4 is 17.7 Å². The number of fused-ring (bicyclic) bond motifs is 2. The van der Waals surface area contributed by atoms with E-state index in [-0.39, 0.29) is 29.5 Å². The lowest BCUT2D eigenvalue weighted by atomic mass is 9.82. The van der Waals surface area contributed by atoms with Gasteiger partial charge in [-0.1, -0.05) is 11.6 Å². The number of carbonyl (C=O) groups is 1. The Morgan fingerprint density at radius 1 is 1.22 bits per heavy atom. The zero-order valence-electron chi connectivity index (χ0n) is 20.7. The average molecular weight is 526 g/mol. The van der Waals surface area contributed by atoms with Crippen LogP contribution >= 0.6 is 11.6 Å². The van der Waals surface area contributed by atoms with E-state index in [2.05, 4.69) is 10.2 Å². The third-order valence-corrected chi connectivity index (χ3v) is 6.45. The first-order valence-electron chi connectivity index (χ1n) is 11.8. The minimum absolute atomic E-state index is 0.0637. The Morgan fingerprint density at radius 3 is 2.67 bits per heavy atom. The van der Waals surface area contributed by atoms with Crippen LogP contribution in [0.1, 0.15) is 46.5 Å². The van der Waals surface area contributed by atoms with Gasteiger partial charge in [0, 0.05) is 37.3 Å². The highest BCUT2D eigenvalue weighted by molar-refractivity contribution is 6.31. The Kier molecular flexibility index (Phi) is 7.85. The molecule has 2 saturated heterocycles. The molecule has 4 atom stereocenters. The van der Waals surface area contributed by atoms with Gasteiger partial charge in [0.05, 0.1) is 16.8 Å². The highest BCUT2D eigenvalue weighted by Crippen LogP contribution is 2.39. The summed E-state index contributed by atoms with van der Waals surface area (Å²) in [6.45, 7) is 5.30. The van der Waals surface area contributed by atoms with Crippen LogP contribution in [0.3, 0.4) is 0 Å². The summed E-state index contributed by atoms with van der Waals surface area (Å²) in [6, 6.07) is 4.85. The molecule has 2 aliphatic rings. The fraction of sp³-hybridized carbons (Fsp3) is 0.560. The Bertz CT molecular complexity index is 1080. The van der Waals surface area contributed by atoms with Gasteiger partial charge >= 0.3 is 6.09 Å². The van der Waals surface area contributed by atoms with Gasteiger partial charge in [0.15, 0.2) is 13.0 Å². The number of carbonyl (C=O) groups excluding carboxylic acids is 1. The second-order valence-corrected chi connectivity index (χ2v) is 10.4. The molecule has 11 heteroatoms. The van der Waals surface area contributed by atoms with Crippen LogP contribution in [0, 0.1) is 5.82 Å². The quantitative estimate of drug-likeness (QED) is 0.456. The third-order valence-electron chi connectivity index (χ3n) is 6.16. The number of rotatable bonds is 6. The average Bonchev–Trinajstić information content (AvgIpc) is 2.82. The van der Waals surface area contributed by atoms with Crippen molar-refractivity contribution in [3.8, 4) is 22.9 Å². The second-order valence-electron chi connectivity index (χ2n) is 9.95. The Hall–Kier alpha value is -2.72. The van der Waals surface area contributed by atoms with Crippen LogP contribution in [-0.2, 0) is 9.47 Å². The number of methoxy groups -OCH3 is 1. The number of hydrogen-bond acceptors (Lipinski definition) is 7. The van der Waals surface area contributed by atoms with Gasteiger partial charge < -0.3 is 18.9 Å². The molecular formula is C25H30ClF2N3O5. The van der Waals surface area contributed by atoms with Crippen molar-refractivity contribution in [2.45, 2.75) is 76.4 Å². The van der Waals surface area contributed by atoms with Crippen molar-refractivity contribution in [3.63, 3.8) is 0 Å². The molecule has 0 N–H and O–H groups in total. The molecule has 36 heavy (non-hydrogen) atoms. The number of nitrogens with zero attached hydrogens (tertiary/aromatic N) is 3. The number of benzene rings is 1. The molecule has 0 aliphatic carbocycles. The van der Waals surface area contributed by atoms with Crippen molar-refractivity contribution in [1.82, 2.24) is 15.1 Å². The fourth-order valence-electron chi connectivity index (χ4n) is 4.67. The van der Waals surface area contributed by atoms with Crippen molar-refractivity contribution in [1.29, 1.82) is 0 Å². The standard InChI is InChI=1S/C25H30ClF2N3O5/c1-25(2,3)36-24(32)31-14-6-5-7-19(31)23(28)21(10-14)35-22-9-8-18(29-30-22)15-11-17(27)16(26)12-20(15)34-13-33-4/h8-9,11-12,14,19,21,23H,5-7,10,13H2,1-4H3/t14-,19+,21-,23+/m1/s1. The maximum Gasteiger partial charge on any atom is 0.410 e. The van der Waals surface area contributed by atoms with E-state index in [1.54, 1.807) is 31.7 Å². The van der Waals surface area contributed by atoms with E-state index in [1.165, 1.54) is 25.3 Å². The molecule has 0 unspecified atom stereocenters. The van der Waals surface area contributed by atoms with Crippen LogP contribution in [0.15, 0.2) is 24.3 Å². The maximum absolute atomic E-state index is 15.5. The number of amides is 1. The zero-order valence-corrected chi connectivity index (χ0v) is 21.4. The smallest absolute Gasteiger partial charge is 0.410 e. The molecule has 196 valence electrons. The van der Waals surface area contributed by atoms with Gasteiger partial charge in [0.25, 0.3) is 0 Å². The monoisotopic (exact) mass is 525 g/mol. The van der Waals surface area contributed by atoms with Crippen LogP contribution in [0.4, 0.5) is 13.6 Å². The van der Waals surface area contributed by atoms with Gasteiger partial charge in [-0.25, -0.2) is 13.6 Å². The summed E-state index contributed by atoms with van der Waals surface area (Å²) in [5.41, 5.74) is -0.0161. The van der Waals surface area contributed by atoms with Gasteiger partial charge in [0.1, 0.15) is 23.3 Å². The molecule has 1 amide bonds. The lowest BCUT2D eigenvalue weighted by molar-refractivity contribution is -0.0802. The van der Waals surface area contributed by atoms with Gasteiger partial charge in [-0.3, -0.25) is 4.90 Å². The Morgan fingerprint density at radius 2 is 2.00 bits per heavy atom. The summed E-state index contributed by atoms with van der Waals surface area (Å²) in [6.07, 6.45) is -0.251. The normalized spacial score (nSPS) is 23.8. The summed E-state index contributed by atoms with van der Waals surface area (Å²) < 4.78 is 51.5. The van der Waals surface area contributed by atoms with E-state index in [0.29, 0.717) is 24.1 Å². The van der Waals surface area contributed by atoms with E-state index in [4.69, 9.17) is 30.5 Å². The first-order chi connectivity index (χ1) is 17.1. The van der Waals surface area contributed by atoms with Crippen molar-refractivity contribution in [2.75, 3.05) is 13.9 Å². The number of piperidine rings is 2. The van der Waals surface area contributed by atoms with Crippen LogP contribution in [-0.4, -0.2) is 65.1 Å². The van der Waals surface area contributed by atoms with Gasteiger partial charge in [-0.05, 0) is 52.2 Å². The molecule has 2 aromatic rings. The number of halogens is 3. The van der Waals surface area contributed by atoms with Crippen LogP contribution in [0.5, 0.6) is 11.6 Å². The van der Waals surface area contributed by atoms with E-state index in [0.717, 1.165) is 12.8 Å². The molecule has 0 spiro atoms. The molecule has 1 aromatic carbocycles. The zero-order chi connectivity index (χ0) is 26.0. The van der Waals surface area contributed by atoms with E-state index < -0.39 is 35.8 Å². The summed E-state index contributed by atoms with van der Waals surface area (Å²) in [5, 5.41) is 8.09. The second kappa shape index (κ2) is 10.7.